The first-order chi connectivity index (χ1) is 6.77. The van der Waals surface area contributed by atoms with Crippen molar-refractivity contribution in [3.05, 3.63) is 29.6 Å². The van der Waals surface area contributed by atoms with E-state index in [2.05, 4.69) is 21.6 Å². The van der Waals surface area contributed by atoms with Gasteiger partial charge in [-0.3, -0.25) is 4.98 Å². The molecular weight excluding hydrogens is 216 g/mol. The first kappa shape index (κ1) is 13.4. The van der Waals surface area contributed by atoms with Crippen LogP contribution < -0.4 is 5.73 Å². The van der Waals surface area contributed by atoms with Crippen molar-refractivity contribution in [3.63, 3.8) is 0 Å². The summed E-state index contributed by atoms with van der Waals surface area (Å²) in [4.78, 5) is 15.0. The number of rotatable bonds is 1. The number of nitrogens with zero attached hydrogens (tertiary/aromatic N) is 1. The molecule has 0 amide bonds. The Kier molecular flexibility index (Phi) is 6.11. The lowest BCUT2D eigenvalue weighted by molar-refractivity contribution is 0.0600. The highest BCUT2D eigenvalue weighted by Crippen LogP contribution is 2.02. The lowest BCUT2D eigenvalue weighted by Gasteiger charge is -1.97. The molecule has 0 spiro atoms. The quantitative estimate of drug-likeness (QED) is 0.563. The minimum atomic E-state index is -0.422. The largest absolute Gasteiger partial charge is 0.465 e. The van der Waals surface area contributed by atoms with Gasteiger partial charge in [-0.05, 0) is 6.07 Å². The van der Waals surface area contributed by atoms with Crippen LogP contribution in [-0.2, 0) is 4.74 Å². The first-order valence-electron chi connectivity index (χ1n) is 4.00. The van der Waals surface area contributed by atoms with Gasteiger partial charge in [0.25, 0.3) is 0 Å². The Hall–Kier alpha value is -1.57. The van der Waals surface area contributed by atoms with Gasteiger partial charge in [-0.1, -0.05) is 11.8 Å². The van der Waals surface area contributed by atoms with E-state index in [1.54, 1.807) is 12.3 Å². The van der Waals surface area contributed by atoms with E-state index < -0.39 is 5.97 Å². The molecule has 0 saturated carbocycles. The second-order valence-corrected chi connectivity index (χ2v) is 2.46. The number of hydrogen-bond acceptors (Lipinski definition) is 4. The standard InChI is InChI=1S/C10H10N2O2.ClH/c1-14-10(13)9-5-8(3-2-4-11)6-12-7-9;/h5-7H,4,11H2,1H3;1H. The van der Waals surface area contributed by atoms with Gasteiger partial charge >= 0.3 is 5.97 Å². The molecule has 1 aromatic rings. The third-order valence-corrected chi connectivity index (χ3v) is 1.49. The van der Waals surface area contributed by atoms with Crippen molar-refractivity contribution >= 4 is 18.4 Å². The number of halogens is 1. The smallest absolute Gasteiger partial charge is 0.339 e. The van der Waals surface area contributed by atoms with Crippen LogP contribution in [0.3, 0.4) is 0 Å². The van der Waals surface area contributed by atoms with Crippen molar-refractivity contribution in [2.24, 2.45) is 5.73 Å². The zero-order valence-corrected chi connectivity index (χ0v) is 9.00. The number of hydrogen-bond donors (Lipinski definition) is 1. The Morgan fingerprint density at radius 2 is 2.33 bits per heavy atom. The molecule has 0 fully saturated rings. The van der Waals surface area contributed by atoms with Crippen molar-refractivity contribution in [3.8, 4) is 11.8 Å². The number of pyridine rings is 1. The van der Waals surface area contributed by atoms with Gasteiger partial charge in [0.1, 0.15) is 0 Å². The molecule has 0 aliphatic carbocycles. The summed E-state index contributed by atoms with van der Waals surface area (Å²) in [6.07, 6.45) is 2.99. The van der Waals surface area contributed by atoms with Crippen LogP contribution in [0, 0.1) is 11.8 Å². The summed E-state index contributed by atoms with van der Waals surface area (Å²) in [6.45, 7) is 0.280. The summed E-state index contributed by atoms with van der Waals surface area (Å²) < 4.78 is 4.54. The zero-order chi connectivity index (χ0) is 10.4. The topological polar surface area (TPSA) is 65.2 Å². The van der Waals surface area contributed by atoms with Gasteiger partial charge in [-0.25, -0.2) is 4.79 Å². The molecule has 0 bridgehead atoms. The number of ether oxygens (including phenoxy) is 1. The van der Waals surface area contributed by atoms with E-state index in [9.17, 15) is 4.79 Å². The number of carbonyl (C=O) groups excluding carboxylic acids is 1. The summed E-state index contributed by atoms with van der Waals surface area (Å²) in [7, 11) is 1.32. The SMILES string of the molecule is COC(=O)c1cncc(C#CCN)c1.Cl. The Bertz CT molecular complexity index is 396. The summed E-state index contributed by atoms with van der Waals surface area (Å²) in [5, 5.41) is 0. The Morgan fingerprint density at radius 1 is 1.60 bits per heavy atom. The Labute approximate surface area is 94.2 Å². The van der Waals surface area contributed by atoms with Crippen molar-refractivity contribution in [2.45, 2.75) is 0 Å². The molecule has 0 aliphatic rings. The fourth-order valence-corrected chi connectivity index (χ4v) is 0.891. The van der Waals surface area contributed by atoms with Crippen LogP contribution >= 0.6 is 12.4 Å². The van der Waals surface area contributed by atoms with Gasteiger partial charge < -0.3 is 10.5 Å². The minimum absolute atomic E-state index is 0. The van der Waals surface area contributed by atoms with E-state index in [1.165, 1.54) is 13.3 Å². The number of nitrogens with two attached hydrogens (primary N) is 1. The molecule has 0 unspecified atom stereocenters. The van der Waals surface area contributed by atoms with Gasteiger partial charge in [-0.2, -0.15) is 0 Å². The monoisotopic (exact) mass is 226 g/mol. The third kappa shape index (κ3) is 3.98. The van der Waals surface area contributed by atoms with E-state index in [0.29, 0.717) is 11.1 Å². The van der Waals surface area contributed by atoms with E-state index in [0.717, 1.165) is 0 Å². The fraction of sp³-hybridized carbons (Fsp3) is 0.200. The summed E-state index contributed by atoms with van der Waals surface area (Å²) in [5.41, 5.74) is 6.25. The number of methoxy groups -OCH3 is 1. The molecule has 0 radical (unpaired) electrons. The molecule has 1 rings (SSSR count). The molecule has 0 aromatic carbocycles. The van der Waals surface area contributed by atoms with Gasteiger partial charge in [0, 0.05) is 18.0 Å². The van der Waals surface area contributed by atoms with Crippen LogP contribution in [0.15, 0.2) is 18.5 Å². The molecule has 80 valence electrons. The number of carbonyl (C=O) groups is 1. The molecule has 0 aliphatic heterocycles. The van der Waals surface area contributed by atoms with Crippen LogP contribution in [0.25, 0.3) is 0 Å². The van der Waals surface area contributed by atoms with Crippen molar-refractivity contribution < 1.29 is 9.53 Å². The van der Waals surface area contributed by atoms with E-state index in [4.69, 9.17) is 5.73 Å². The van der Waals surface area contributed by atoms with E-state index >= 15 is 0 Å². The zero-order valence-electron chi connectivity index (χ0n) is 8.19. The van der Waals surface area contributed by atoms with Crippen LogP contribution in [0.2, 0.25) is 0 Å². The molecule has 5 heteroatoms. The second kappa shape index (κ2) is 6.82. The highest BCUT2D eigenvalue weighted by atomic mass is 35.5. The molecule has 15 heavy (non-hydrogen) atoms. The lowest BCUT2D eigenvalue weighted by Crippen LogP contribution is -2.02. The van der Waals surface area contributed by atoms with Crippen LogP contribution in [0.4, 0.5) is 0 Å². The molecule has 1 heterocycles. The summed E-state index contributed by atoms with van der Waals surface area (Å²) in [6, 6.07) is 1.61. The van der Waals surface area contributed by atoms with Crippen molar-refractivity contribution in [1.82, 2.24) is 4.98 Å². The highest BCUT2D eigenvalue weighted by molar-refractivity contribution is 5.89. The fourth-order valence-electron chi connectivity index (χ4n) is 0.891. The predicted octanol–water partition coefficient (Wildman–Crippen LogP) is 0.600. The first-order valence-corrected chi connectivity index (χ1v) is 4.00. The van der Waals surface area contributed by atoms with Gasteiger partial charge in [0.15, 0.2) is 0 Å². The number of aromatic nitrogens is 1. The van der Waals surface area contributed by atoms with Crippen molar-refractivity contribution in [1.29, 1.82) is 0 Å². The summed E-state index contributed by atoms with van der Waals surface area (Å²) >= 11 is 0. The molecular formula is C10H11ClN2O2. The maximum atomic E-state index is 11.1. The third-order valence-electron chi connectivity index (χ3n) is 1.49. The molecule has 0 saturated heterocycles. The van der Waals surface area contributed by atoms with E-state index in [1.807, 2.05) is 0 Å². The van der Waals surface area contributed by atoms with Gasteiger partial charge in [-0.15, -0.1) is 12.4 Å². The summed E-state index contributed by atoms with van der Waals surface area (Å²) in [5.74, 6) is 5.03. The maximum absolute atomic E-state index is 11.1. The van der Waals surface area contributed by atoms with Crippen LogP contribution in [-0.4, -0.2) is 24.6 Å². The molecule has 2 N–H and O–H groups in total. The van der Waals surface area contributed by atoms with Crippen LogP contribution in [0.1, 0.15) is 15.9 Å². The number of esters is 1. The highest BCUT2D eigenvalue weighted by Gasteiger charge is 2.04. The Morgan fingerprint density at radius 3 is 2.93 bits per heavy atom. The maximum Gasteiger partial charge on any atom is 0.339 e. The van der Waals surface area contributed by atoms with Crippen molar-refractivity contribution in [2.75, 3.05) is 13.7 Å². The average Bonchev–Trinajstić information content (AvgIpc) is 2.25. The molecule has 0 atom stereocenters. The second-order valence-electron chi connectivity index (χ2n) is 2.46. The predicted molar refractivity (Wildman–Crippen MR) is 58.8 cm³/mol. The van der Waals surface area contributed by atoms with Crippen LogP contribution in [0.5, 0.6) is 0 Å². The minimum Gasteiger partial charge on any atom is -0.465 e. The van der Waals surface area contributed by atoms with E-state index in [-0.39, 0.29) is 19.0 Å². The normalized spacial score (nSPS) is 8.13. The average molecular weight is 227 g/mol. The molecule has 1 aromatic heterocycles. The molecule has 4 nitrogen and oxygen atoms in total. The Balaban J connectivity index is 0.00000196. The lowest BCUT2D eigenvalue weighted by atomic mass is 10.2. The van der Waals surface area contributed by atoms with Gasteiger partial charge in [0.2, 0.25) is 0 Å². The van der Waals surface area contributed by atoms with Gasteiger partial charge in [0.05, 0.1) is 19.2 Å².